The Labute approximate surface area is 380 Å². The van der Waals surface area contributed by atoms with Crippen molar-refractivity contribution in [3.05, 3.63) is 253 Å². The monoisotopic (exact) mass is 842 g/mol. The van der Waals surface area contributed by atoms with Gasteiger partial charge in [0.2, 0.25) is 0 Å². The highest BCUT2D eigenvalue weighted by Gasteiger charge is 2.23. The number of benzene rings is 10. The zero-order valence-corrected chi connectivity index (χ0v) is 35.6. The lowest BCUT2D eigenvalue weighted by Gasteiger charge is -2.20. The van der Waals surface area contributed by atoms with Crippen LogP contribution in [-0.2, 0) is 0 Å². The van der Waals surface area contributed by atoms with E-state index in [2.05, 4.69) is 215 Å². The molecule has 66 heavy (non-hydrogen) atoms. The van der Waals surface area contributed by atoms with Gasteiger partial charge in [0, 0.05) is 44.8 Å². The van der Waals surface area contributed by atoms with Crippen LogP contribution in [0, 0.1) is 0 Å². The van der Waals surface area contributed by atoms with Crippen molar-refractivity contribution in [1.82, 2.24) is 19.1 Å². The summed E-state index contributed by atoms with van der Waals surface area (Å²) in [6.07, 6.45) is 0. The number of rotatable bonds is 6. The van der Waals surface area contributed by atoms with Gasteiger partial charge in [-0.2, -0.15) is 0 Å². The number of aromatic nitrogens is 4. The van der Waals surface area contributed by atoms with Crippen LogP contribution in [0.1, 0.15) is 22.3 Å². The Kier molecular flexibility index (Phi) is 8.74. The van der Waals surface area contributed by atoms with E-state index in [1.807, 2.05) is 24.3 Å². The largest absolute Gasteiger partial charge is 0.292 e. The highest BCUT2D eigenvalue weighted by molar-refractivity contribution is 6.24. The van der Waals surface area contributed by atoms with Gasteiger partial charge >= 0.3 is 0 Å². The van der Waals surface area contributed by atoms with Gasteiger partial charge in [-0.15, -0.1) is 0 Å². The van der Waals surface area contributed by atoms with Gasteiger partial charge in [-0.25, -0.2) is 20.0 Å². The molecule has 6 nitrogen and oxygen atoms in total. The first kappa shape index (κ1) is 37.5. The summed E-state index contributed by atoms with van der Waals surface area (Å²) in [5.41, 5.74) is 15.5. The van der Waals surface area contributed by atoms with Gasteiger partial charge < -0.3 is 0 Å². The number of hydrogen-bond acceptors (Lipinski definition) is 4. The number of imidazole rings is 2. The Morgan fingerprint density at radius 2 is 0.621 bits per heavy atom. The molecule has 0 saturated carbocycles. The van der Waals surface area contributed by atoms with Crippen LogP contribution in [0.25, 0.3) is 77.8 Å². The van der Waals surface area contributed by atoms with Crippen LogP contribution in [-0.4, -0.2) is 30.5 Å². The van der Waals surface area contributed by atoms with E-state index in [0.29, 0.717) is 0 Å². The first-order valence-corrected chi connectivity index (χ1v) is 22.2. The average Bonchev–Trinajstić information content (AvgIpc) is 3.97. The fourth-order valence-electron chi connectivity index (χ4n) is 9.49. The van der Waals surface area contributed by atoms with Gasteiger partial charge in [-0.05, 0) is 94.3 Å². The van der Waals surface area contributed by atoms with E-state index in [-0.39, 0.29) is 0 Å². The van der Waals surface area contributed by atoms with E-state index in [1.54, 1.807) is 0 Å². The zero-order chi connectivity index (χ0) is 43.6. The maximum absolute atomic E-state index is 5.68. The molecule has 10 aromatic carbocycles. The molecule has 13 rings (SSSR count). The van der Waals surface area contributed by atoms with E-state index in [1.165, 1.54) is 0 Å². The van der Waals surface area contributed by atoms with Gasteiger partial charge in [-0.1, -0.05) is 158 Å². The zero-order valence-electron chi connectivity index (χ0n) is 35.6. The summed E-state index contributed by atoms with van der Waals surface area (Å²) in [5, 5.41) is 4.48. The minimum atomic E-state index is 0.853. The lowest BCUT2D eigenvalue weighted by Crippen LogP contribution is -2.11. The maximum Gasteiger partial charge on any atom is 0.145 e. The predicted molar refractivity (Wildman–Crippen MR) is 272 cm³/mol. The summed E-state index contributed by atoms with van der Waals surface area (Å²) in [4.78, 5) is 21.7. The lowest BCUT2D eigenvalue weighted by atomic mass is 9.92. The van der Waals surface area contributed by atoms with Crippen LogP contribution < -0.4 is 0 Å². The molecule has 1 aliphatic rings. The van der Waals surface area contributed by atoms with Gasteiger partial charge in [0.05, 0.1) is 44.9 Å². The summed E-state index contributed by atoms with van der Waals surface area (Å²) < 4.78 is 4.48. The van der Waals surface area contributed by atoms with Crippen LogP contribution >= 0.6 is 0 Å². The Morgan fingerprint density at radius 1 is 0.288 bits per heavy atom. The topological polar surface area (TPSA) is 60.4 Å². The standard InChI is InChI=1S/C60H38N6/c1-3-19-47(20-4-1)65-55-25-13-11-23-51(55)63-59(65)41-31-27-39(28-32-41)57-49-35-43-15-7-9-17-45(43)37-53(49)62-58(50-36-44-16-8-10-18-46(44)38-54(50)61-57)40-29-33-42(34-30-40)60-64-52-24-12-14-26-56(52)66(60)48-21-5-2-6-22-48/h1-38H. The summed E-state index contributed by atoms with van der Waals surface area (Å²) in [7, 11) is 0. The van der Waals surface area contributed by atoms with Crippen molar-refractivity contribution in [2.24, 2.45) is 9.98 Å². The lowest BCUT2D eigenvalue weighted by molar-refractivity contribution is 1.10. The third kappa shape index (κ3) is 6.34. The van der Waals surface area contributed by atoms with Gasteiger partial charge in [0.15, 0.2) is 0 Å². The average molecular weight is 843 g/mol. The number of para-hydroxylation sites is 6. The minimum Gasteiger partial charge on any atom is -0.292 e. The molecule has 1 aliphatic heterocycles. The third-order valence-electron chi connectivity index (χ3n) is 12.7. The number of aliphatic imine (C=N–C) groups is 2. The van der Waals surface area contributed by atoms with E-state index in [4.69, 9.17) is 20.0 Å². The molecular formula is C60H38N6. The molecule has 3 heterocycles. The fraction of sp³-hybridized carbons (Fsp3) is 0. The van der Waals surface area contributed by atoms with Crippen molar-refractivity contribution < 1.29 is 0 Å². The SMILES string of the molecule is c1ccc(-n2c(-c3ccc(C4=Nc5cc6ccccc6cc5C(c5ccc(-c6nc7ccccc7n6-c6ccccc6)cc5)=Nc5cc6ccccc6cc54)cc3)nc3ccccc32)cc1. The molecule has 0 unspecified atom stereocenters. The van der Waals surface area contributed by atoms with E-state index >= 15 is 0 Å². The van der Waals surface area contributed by atoms with Gasteiger partial charge in [-0.3, -0.25) is 9.13 Å². The second kappa shape index (κ2) is 15.4. The van der Waals surface area contributed by atoms with Gasteiger partial charge in [0.25, 0.3) is 0 Å². The Morgan fingerprint density at radius 3 is 1.03 bits per heavy atom. The first-order chi connectivity index (χ1) is 32.7. The number of fused-ring (bicyclic) bond motifs is 6. The molecular weight excluding hydrogens is 805 g/mol. The summed E-state index contributed by atoms with van der Waals surface area (Å²) >= 11 is 0. The Hall–Kier alpha value is -9.00. The van der Waals surface area contributed by atoms with Crippen LogP contribution in [0.2, 0.25) is 0 Å². The van der Waals surface area contributed by atoms with Crippen molar-refractivity contribution in [2.45, 2.75) is 0 Å². The predicted octanol–water partition coefficient (Wildman–Crippen LogP) is 14.7. The molecule has 0 amide bonds. The number of nitrogens with zero attached hydrogens (tertiary/aromatic N) is 6. The second-order valence-electron chi connectivity index (χ2n) is 16.7. The summed E-state index contributed by atoms with van der Waals surface area (Å²) in [6, 6.07) is 80.8. The van der Waals surface area contributed by atoms with Crippen molar-refractivity contribution in [1.29, 1.82) is 0 Å². The molecule has 0 spiro atoms. The molecule has 0 fully saturated rings. The molecule has 0 bridgehead atoms. The Bertz CT molecular complexity index is 3640. The smallest absolute Gasteiger partial charge is 0.145 e. The summed E-state index contributed by atoms with van der Waals surface area (Å²) in [5.74, 6) is 1.77. The van der Waals surface area contributed by atoms with Gasteiger partial charge in [0.1, 0.15) is 11.6 Å². The molecule has 6 heteroatoms. The third-order valence-corrected chi connectivity index (χ3v) is 12.7. The number of hydrogen-bond donors (Lipinski definition) is 0. The van der Waals surface area contributed by atoms with E-state index in [0.717, 1.165) is 123 Å². The molecule has 0 saturated heterocycles. The van der Waals surface area contributed by atoms with Crippen molar-refractivity contribution in [3.63, 3.8) is 0 Å². The van der Waals surface area contributed by atoms with Crippen LogP contribution in [0.4, 0.5) is 11.4 Å². The van der Waals surface area contributed by atoms with Crippen molar-refractivity contribution in [2.75, 3.05) is 0 Å². The van der Waals surface area contributed by atoms with Crippen LogP contribution in [0.5, 0.6) is 0 Å². The van der Waals surface area contributed by atoms with E-state index < -0.39 is 0 Å². The molecule has 308 valence electrons. The quantitative estimate of drug-likeness (QED) is 0.167. The maximum atomic E-state index is 5.68. The molecule has 2 aromatic heterocycles. The van der Waals surface area contributed by atoms with Crippen molar-refractivity contribution >= 4 is 66.4 Å². The minimum absolute atomic E-state index is 0.853. The van der Waals surface area contributed by atoms with E-state index in [9.17, 15) is 0 Å². The Balaban J connectivity index is 0.983. The molecule has 12 aromatic rings. The highest BCUT2D eigenvalue weighted by Crippen LogP contribution is 2.39. The molecule has 0 atom stereocenters. The summed E-state index contributed by atoms with van der Waals surface area (Å²) in [6.45, 7) is 0. The second-order valence-corrected chi connectivity index (χ2v) is 16.7. The van der Waals surface area contributed by atoms with Crippen LogP contribution in [0.3, 0.4) is 0 Å². The molecule has 0 aliphatic carbocycles. The molecule has 0 radical (unpaired) electrons. The molecule has 0 N–H and O–H groups in total. The highest BCUT2D eigenvalue weighted by atomic mass is 15.1. The first-order valence-electron chi connectivity index (χ1n) is 22.2. The normalized spacial score (nSPS) is 12.4. The van der Waals surface area contributed by atoms with Crippen LogP contribution in [0.15, 0.2) is 241 Å². The fourth-order valence-corrected chi connectivity index (χ4v) is 9.49. The van der Waals surface area contributed by atoms with Crippen molar-refractivity contribution in [3.8, 4) is 34.2 Å².